The van der Waals surface area contributed by atoms with E-state index in [-0.39, 0.29) is 0 Å². The highest BCUT2D eigenvalue weighted by atomic mass is 14.9. The molecule has 0 aliphatic carbocycles. The van der Waals surface area contributed by atoms with Crippen LogP contribution in [0.5, 0.6) is 0 Å². The molecule has 66 valence electrons. The Morgan fingerprint density at radius 1 is 1.58 bits per heavy atom. The van der Waals surface area contributed by atoms with Gasteiger partial charge in [0.2, 0.25) is 0 Å². The van der Waals surface area contributed by atoms with Crippen molar-refractivity contribution < 1.29 is 0 Å². The number of aromatic nitrogens is 1. The van der Waals surface area contributed by atoms with Gasteiger partial charge in [0.1, 0.15) is 0 Å². The third-order valence-electron chi connectivity index (χ3n) is 2.62. The van der Waals surface area contributed by atoms with Gasteiger partial charge in [0, 0.05) is 26.0 Å². The Hall–Kier alpha value is -0.760. The van der Waals surface area contributed by atoms with Gasteiger partial charge in [-0.15, -0.1) is 0 Å². The lowest BCUT2D eigenvalue weighted by molar-refractivity contribution is 0.461. The zero-order valence-corrected chi connectivity index (χ0v) is 7.59. The van der Waals surface area contributed by atoms with Crippen LogP contribution in [-0.4, -0.2) is 17.7 Å². The topological polar surface area (TPSA) is 17.0 Å². The van der Waals surface area contributed by atoms with Crippen molar-refractivity contribution in [2.24, 2.45) is 7.05 Å². The SMILES string of the molecule is Cn1ccc(C2CCCNC2)c1. The Bertz CT molecular complexity index is 246. The zero-order valence-electron chi connectivity index (χ0n) is 7.59. The van der Waals surface area contributed by atoms with Gasteiger partial charge >= 0.3 is 0 Å². The molecule has 1 aromatic heterocycles. The van der Waals surface area contributed by atoms with Crippen LogP contribution in [0, 0.1) is 0 Å². The average molecular weight is 164 g/mol. The van der Waals surface area contributed by atoms with E-state index in [9.17, 15) is 0 Å². The van der Waals surface area contributed by atoms with Gasteiger partial charge in [-0.05, 0) is 36.9 Å². The van der Waals surface area contributed by atoms with Crippen molar-refractivity contribution in [1.29, 1.82) is 0 Å². The summed E-state index contributed by atoms with van der Waals surface area (Å²) >= 11 is 0. The van der Waals surface area contributed by atoms with Crippen LogP contribution in [-0.2, 0) is 7.05 Å². The third kappa shape index (κ3) is 1.53. The number of hydrogen-bond donors (Lipinski definition) is 1. The second-order valence-corrected chi connectivity index (χ2v) is 3.65. The highest BCUT2D eigenvalue weighted by molar-refractivity contribution is 5.16. The normalized spacial score (nSPS) is 24.2. The second-order valence-electron chi connectivity index (χ2n) is 3.65. The molecular weight excluding hydrogens is 148 g/mol. The van der Waals surface area contributed by atoms with E-state index in [0.717, 1.165) is 12.5 Å². The Labute approximate surface area is 73.6 Å². The molecule has 2 heteroatoms. The molecule has 1 aliphatic heterocycles. The Morgan fingerprint density at radius 2 is 2.50 bits per heavy atom. The molecule has 2 heterocycles. The fraction of sp³-hybridized carbons (Fsp3) is 0.600. The Balaban J connectivity index is 2.08. The Kier molecular flexibility index (Phi) is 2.17. The van der Waals surface area contributed by atoms with Crippen LogP contribution in [0.1, 0.15) is 24.3 Å². The smallest absolute Gasteiger partial charge is 0.0106 e. The van der Waals surface area contributed by atoms with E-state index in [1.54, 1.807) is 0 Å². The molecule has 1 aliphatic rings. The van der Waals surface area contributed by atoms with Gasteiger partial charge in [0.05, 0.1) is 0 Å². The largest absolute Gasteiger partial charge is 0.357 e. The molecule has 0 amide bonds. The van der Waals surface area contributed by atoms with Crippen LogP contribution in [0.25, 0.3) is 0 Å². The van der Waals surface area contributed by atoms with Crippen molar-refractivity contribution in [3.8, 4) is 0 Å². The molecule has 0 bridgehead atoms. The van der Waals surface area contributed by atoms with E-state index in [4.69, 9.17) is 0 Å². The summed E-state index contributed by atoms with van der Waals surface area (Å²) in [5, 5.41) is 3.43. The van der Waals surface area contributed by atoms with Gasteiger partial charge < -0.3 is 9.88 Å². The van der Waals surface area contributed by atoms with Crippen molar-refractivity contribution >= 4 is 0 Å². The van der Waals surface area contributed by atoms with Gasteiger partial charge in [0.15, 0.2) is 0 Å². The molecule has 2 rings (SSSR count). The van der Waals surface area contributed by atoms with Gasteiger partial charge in [-0.2, -0.15) is 0 Å². The third-order valence-corrected chi connectivity index (χ3v) is 2.62. The molecule has 1 N–H and O–H groups in total. The minimum Gasteiger partial charge on any atom is -0.357 e. The van der Waals surface area contributed by atoms with Crippen LogP contribution in [0.4, 0.5) is 0 Å². The molecule has 1 aromatic rings. The number of nitrogens with one attached hydrogen (secondary N) is 1. The molecule has 1 atom stereocenters. The van der Waals surface area contributed by atoms with Gasteiger partial charge in [-0.25, -0.2) is 0 Å². The lowest BCUT2D eigenvalue weighted by atomic mass is 9.94. The second kappa shape index (κ2) is 3.31. The first-order valence-electron chi connectivity index (χ1n) is 4.69. The fourth-order valence-corrected chi connectivity index (χ4v) is 1.90. The van der Waals surface area contributed by atoms with E-state index in [0.29, 0.717) is 0 Å². The van der Waals surface area contributed by atoms with Crippen molar-refractivity contribution in [3.05, 3.63) is 24.0 Å². The Morgan fingerprint density at radius 3 is 3.08 bits per heavy atom. The fourth-order valence-electron chi connectivity index (χ4n) is 1.90. The summed E-state index contributed by atoms with van der Waals surface area (Å²) in [6.45, 7) is 2.35. The molecule has 0 saturated carbocycles. The van der Waals surface area contributed by atoms with Crippen LogP contribution in [0.3, 0.4) is 0 Å². The summed E-state index contributed by atoms with van der Waals surface area (Å²) < 4.78 is 2.13. The highest BCUT2D eigenvalue weighted by Gasteiger charge is 2.14. The van der Waals surface area contributed by atoms with Crippen molar-refractivity contribution in [3.63, 3.8) is 0 Å². The van der Waals surface area contributed by atoms with Crippen molar-refractivity contribution in [1.82, 2.24) is 9.88 Å². The van der Waals surface area contributed by atoms with Crippen LogP contribution in [0.15, 0.2) is 18.5 Å². The predicted octanol–water partition coefficient (Wildman–Crippen LogP) is 1.49. The summed E-state index contributed by atoms with van der Waals surface area (Å²) in [4.78, 5) is 0. The number of nitrogens with zero attached hydrogens (tertiary/aromatic N) is 1. The number of hydrogen-bond acceptors (Lipinski definition) is 1. The molecule has 1 unspecified atom stereocenters. The summed E-state index contributed by atoms with van der Waals surface area (Å²) in [5.41, 5.74) is 1.49. The van der Waals surface area contributed by atoms with Crippen LogP contribution < -0.4 is 5.32 Å². The van der Waals surface area contributed by atoms with Gasteiger partial charge in [-0.1, -0.05) is 0 Å². The molecule has 0 aromatic carbocycles. The van der Waals surface area contributed by atoms with Crippen molar-refractivity contribution in [2.45, 2.75) is 18.8 Å². The van der Waals surface area contributed by atoms with E-state index in [1.807, 2.05) is 0 Å². The van der Waals surface area contributed by atoms with E-state index < -0.39 is 0 Å². The minimum absolute atomic E-state index is 0.750. The molecule has 2 nitrogen and oxygen atoms in total. The number of rotatable bonds is 1. The quantitative estimate of drug-likeness (QED) is 0.665. The minimum atomic E-state index is 0.750. The number of piperidine rings is 1. The summed E-state index contributed by atoms with van der Waals surface area (Å²) in [6, 6.07) is 2.23. The molecule has 0 spiro atoms. The van der Waals surface area contributed by atoms with E-state index in [1.165, 1.54) is 24.9 Å². The maximum Gasteiger partial charge on any atom is 0.0106 e. The molecule has 12 heavy (non-hydrogen) atoms. The molecule has 1 fully saturated rings. The lowest BCUT2D eigenvalue weighted by Crippen LogP contribution is -2.28. The van der Waals surface area contributed by atoms with Gasteiger partial charge in [-0.3, -0.25) is 0 Å². The first kappa shape index (κ1) is 7.87. The summed E-state index contributed by atoms with van der Waals surface area (Å²) in [7, 11) is 2.08. The summed E-state index contributed by atoms with van der Waals surface area (Å²) in [6.07, 6.45) is 7.03. The standard InChI is InChI=1S/C10H16N2/c1-12-6-4-10(8-12)9-3-2-5-11-7-9/h4,6,8-9,11H,2-3,5,7H2,1H3. The average Bonchev–Trinajstić information content (AvgIpc) is 2.54. The summed E-state index contributed by atoms with van der Waals surface area (Å²) in [5.74, 6) is 0.750. The van der Waals surface area contributed by atoms with Crippen molar-refractivity contribution in [2.75, 3.05) is 13.1 Å². The van der Waals surface area contributed by atoms with E-state index in [2.05, 4.69) is 35.4 Å². The van der Waals surface area contributed by atoms with Crippen LogP contribution in [0.2, 0.25) is 0 Å². The predicted molar refractivity (Wildman–Crippen MR) is 50.3 cm³/mol. The first-order valence-corrected chi connectivity index (χ1v) is 4.69. The molecule has 1 saturated heterocycles. The lowest BCUT2D eigenvalue weighted by Gasteiger charge is -2.21. The molecule has 0 radical (unpaired) electrons. The maximum absolute atomic E-state index is 3.43. The van der Waals surface area contributed by atoms with Crippen LogP contribution >= 0.6 is 0 Å². The zero-order chi connectivity index (χ0) is 8.39. The first-order chi connectivity index (χ1) is 5.86. The maximum atomic E-state index is 3.43. The molecular formula is C10H16N2. The number of aryl methyl sites for hydroxylation is 1. The van der Waals surface area contributed by atoms with E-state index >= 15 is 0 Å². The van der Waals surface area contributed by atoms with Gasteiger partial charge in [0.25, 0.3) is 0 Å². The monoisotopic (exact) mass is 164 g/mol. The highest BCUT2D eigenvalue weighted by Crippen LogP contribution is 2.22.